The Morgan fingerprint density at radius 1 is 1.38 bits per heavy atom. The predicted molar refractivity (Wildman–Crippen MR) is 88.5 cm³/mol. The second kappa shape index (κ2) is 5.28. The topological polar surface area (TPSA) is 35.5 Å². The average Bonchev–Trinajstić information content (AvgIpc) is 2.89. The number of hydrogen-bond donors (Lipinski definition) is 0. The van der Waals surface area contributed by atoms with E-state index in [9.17, 15) is 9.18 Å². The summed E-state index contributed by atoms with van der Waals surface area (Å²) in [6.07, 6.45) is 7.05. The molecule has 1 aromatic carbocycles. The quantitative estimate of drug-likeness (QED) is 0.623. The third kappa shape index (κ3) is 1.89. The highest BCUT2D eigenvalue weighted by atomic mass is 19.1. The lowest BCUT2D eigenvalue weighted by molar-refractivity contribution is -0.146. The van der Waals surface area contributed by atoms with Crippen molar-refractivity contribution in [3.8, 4) is 0 Å². The van der Waals surface area contributed by atoms with Crippen LogP contribution in [0.25, 0.3) is 5.57 Å². The number of methoxy groups -OCH3 is 2. The van der Waals surface area contributed by atoms with Crippen LogP contribution >= 0.6 is 0 Å². The SMILES string of the molecule is COC(=O)[C@@]1(/C=C2/c3ccc(F)cc3[C@@H](OC)[C@@H]2C)[C@@H]2CC=C[C@@H]21. The molecule has 0 amide bonds. The molecule has 1 fully saturated rings. The number of allylic oxidation sites excluding steroid dienone is 2. The van der Waals surface area contributed by atoms with Crippen molar-refractivity contribution in [2.45, 2.75) is 19.4 Å². The van der Waals surface area contributed by atoms with Crippen molar-refractivity contribution in [3.63, 3.8) is 0 Å². The van der Waals surface area contributed by atoms with Crippen LogP contribution in [0, 0.1) is 29.0 Å². The molecular formula is C20H21FO3. The van der Waals surface area contributed by atoms with E-state index in [1.54, 1.807) is 19.2 Å². The van der Waals surface area contributed by atoms with Crippen LogP contribution in [0.1, 0.15) is 30.6 Å². The highest BCUT2D eigenvalue weighted by Gasteiger charge is 2.69. The van der Waals surface area contributed by atoms with Crippen LogP contribution in [0.15, 0.2) is 36.4 Å². The molecule has 3 aliphatic rings. The summed E-state index contributed by atoms with van der Waals surface area (Å²) in [6, 6.07) is 4.81. The number of fused-ring (bicyclic) bond motifs is 2. The van der Waals surface area contributed by atoms with Crippen molar-refractivity contribution in [1.82, 2.24) is 0 Å². The molecule has 0 heterocycles. The molecule has 3 nitrogen and oxygen atoms in total. The smallest absolute Gasteiger partial charge is 0.316 e. The summed E-state index contributed by atoms with van der Waals surface area (Å²) in [5, 5.41) is 0. The number of halogens is 1. The summed E-state index contributed by atoms with van der Waals surface area (Å²) in [7, 11) is 3.09. The molecule has 5 atom stereocenters. The Hall–Kier alpha value is -1.94. The second-order valence-electron chi connectivity index (χ2n) is 7.00. The molecule has 1 saturated carbocycles. The van der Waals surface area contributed by atoms with Gasteiger partial charge in [0.25, 0.3) is 0 Å². The summed E-state index contributed by atoms with van der Waals surface area (Å²) in [6.45, 7) is 2.07. The average molecular weight is 328 g/mol. The molecule has 4 heteroatoms. The van der Waals surface area contributed by atoms with Crippen molar-refractivity contribution >= 4 is 11.5 Å². The minimum absolute atomic E-state index is 0.0682. The Kier molecular flexibility index (Phi) is 3.43. The van der Waals surface area contributed by atoms with Crippen LogP contribution in [-0.2, 0) is 14.3 Å². The molecule has 0 unspecified atom stereocenters. The third-order valence-corrected chi connectivity index (χ3v) is 5.99. The summed E-state index contributed by atoms with van der Waals surface area (Å²) < 4.78 is 24.4. The van der Waals surface area contributed by atoms with E-state index in [2.05, 4.69) is 25.2 Å². The van der Waals surface area contributed by atoms with E-state index in [-0.39, 0.29) is 35.6 Å². The fourth-order valence-corrected chi connectivity index (χ4v) is 4.75. The fraction of sp³-hybridized carbons (Fsp3) is 0.450. The van der Waals surface area contributed by atoms with Gasteiger partial charge in [-0.3, -0.25) is 4.79 Å². The van der Waals surface area contributed by atoms with Gasteiger partial charge in [0.15, 0.2) is 0 Å². The minimum atomic E-state index is -0.568. The van der Waals surface area contributed by atoms with E-state index < -0.39 is 5.41 Å². The highest BCUT2D eigenvalue weighted by Crippen LogP contribution is 2.67. The molecule has 0 radical (unpaired) electrons. The van der Waals surface area contributed by atoms with Crippen LogP contribution in [0.2, 0.25) is 0 Å². The maximum Gasteiger partial charge on any atom is 0.316 e. The van der Waals surface area contributed by atoms with E-state index in [0.29, 0.717) is 0 Å². The van der Waals surface area contributed by atoms with Gasteiger partial charge in [-0.2, -0.15) is 0 Å². The molecule has 1 aromatic rings. The Labute approximate surface area is 141 Å². The molecule has 0 N–H and O–H groups in total. The van der Waals surface area contributed by atoms with Crippen molar-refractivity contribution in [2.24, 2.45) is 23.2 Å². The van der Waals surface area contributed by atoms with E-state index in [4.69, 9.17) is 9.47 Å². The van der Waals surface area contributed by atoms with Crippen LogP contribution in [-0.4, -0.2) is 20.2 Å². The molecule has 0 aliphatic heterocycles. The van der Waals surface area contributed by atoms with Gasteiger partial charge in [0.05, 0.1) is 18.6 Å². The van der Waals surface area contributed by atoms with Gasteiger partial charge in [-0.15, -0.1) is 0 Å². The first-order chi connectivity index (χ1) is 11.5. The standard InChI is InChI=1S/C20H21FO3/c1-11-15(13-8-7-12(21)9-14(13)18(11)23-2)10-20(19(22)24-3)16-5-4-6-17(16)20/h4-5,7-11,16-18H,6H2,1-3H3/b15-10+/t11-,16+,17-,18+,20-/m1/s1. The van der Waals surface area contributed by atoms with Gasteiger partial charge in [0.2, 0.25) is 0 Å². The molecule has 0 aromatic heterocycles. The molecule has 0 saturated heterocycles. The van der Waals surface area contributed by atoms with Gasteiger partial charge in [0, 0.05) is 18.9 Å². The summed E-state index contributed by atoms with van der Waals surface area (Å²) in [4.78, 5) is 12.5. The Bertz CT molecular complexity index is 766. The van der Waals surface area contributed by atoms with Crippen LogP contribution in [0.5, 0.6) is 0 Å². The predicted octanol–water partition coefficient (Wildman–Crippen LogP) is 3.91. The molecular weight excluding hydrogens is 307 g/mol. The number of carbonyl (C=O) groups excluding carboxylic acids is 1. The minimum Gasteiger partial charge on any atom is -0.468 e. The molecule has 3 aliphatic carbocycles. The van der Waals surface area contributed by atoms with Gasteiger partial charge in [-0.1, -0.05) is 31.2 Å². The summed E-state index contributed by atoms with van der Waals surface area (Å²) in [5.74, 6) is 0.133. The van der Waals surface area contributed by atoms with E-state index in [1.165, 1.54) is 13.2 Å². The maximum absolute atomic E-state index is 13.7. The van der Waals surface area contributed by atoms with Crippen molar-refractivity contribution in [3.05, 3.63) is 53.4 Å². The molecule has 126 valence electrons. The number of carbonyl (C=O) groups is 1. The number of ether oxygens (including phenoxy) is 2. The monoisotopic (exact) mass is 328 g/mol. The summed E-state index contributed by atoms with van der Waals surface area (Å²) in [5.41, 5.74) is 2.33. The first kappa shape index (κ1) is 15.6. The first-order valence-electron chi connectivity index (χ1n) is 8.35. The normalized spacial score (nSPS) is 37.4. The van der Waals surface area contributed by atoms with E-state index in [1.807, 2.05) is 0 Å². The van der Waals surface area contributed by atoms with Crippen LogP contribution in [0.3, 0.4) is 0 Å². The molecule has 4 rings (SSSR count). The summed E-state index contributed by atoms with van der Waals surface area (Å²) >= 11 is 0. The van der Waals surface area contributed by atoms with Gasteiger partial charge < -0.3 is 9.47 Å². The first-order valence-corrected chi connectivity index (χ1v) is 8.35. The lowest BCUT2D eigenvalue weighted by Crippen LogP contribution is -2.21. The van der Waals surface area contributed by atoms with Crippen molar-refractivity contribution < 1.29 is 18.7 Å². The van der Waals surface area contributed by atoms with E-state index in [0.717, 1.165) is 23.1 Å². The van der Waals surface area contributed by atoms with Crippen molar-refractivity contribution in [2.75, 3.05) is 14.2 Å². The van der Waals surface area contributed by atoms with Crippen molar-refractivity contribution in [1.29, 1.82) is 0 Å². The number of esters is 1. The zero-order valence-corrected chi connectivity index (χ0v) is 14.1. The Morgan fingerprint density at radius 2 is 2.17 bits per heavy atom. The van der Waals surface area contributed by atoms with E-state index >= 15 is 0 Å². The Balaban J connectivity index is 1.83. The lowest BCUT2D eigenvalue weighted by atomic mass is 9.90. The fourth-order valence-electron chi connectivity index (χ4n) is 4.75. The zero-order valence-electron chi connectivity index (χ0n) is 14.1. The highest BCUT2D eigenvalue weighted by molar-refractivity contribution is 5.89. The Morgan fingerprint density at radius 3 is 2.79 bits per heavy atom. The molecule has 0 bridgehead atoms. The van der Waals surface area contributed by atoms with Crippen LogP contribution in [0.4, 0.5) is 4.39 Å². The number of rotatable bonds is 3. The van der Waals surface area contributed by atoms with Crippen LogP contribution < -0.4 is 0 Å². The van der Waals surface area contributed by atoms with Gasteiger partial charge in [-0.25, -0.2) is 4.39 Å². The largest absolute Gasteiger partial charge is 0.468 e. The molecule has 24 heavy (non-hydrogen) atoms. The van der Waals surface area contributed by atoms with Gasteiger partial charge in [-0.05, 0) is 41.2 Å². The number of hydrogen-bond acceptors (Lipinski definition) is 3. The van der Waals surface area contributed by atoms with Gasteiger partial charge >= 0.3 is 5.97 Å². The third-order valence-electron chi connectivity index (χ3n) is 5.99. The maximum atomic E-state index is 13.7. The second-order valence-corrected chi connectivity index (χ2v) is 7.00. The number of benzene rings is 1. The zero-order chi connectivity index (χ0) is 17.1. The lowest BCUT2D eigenvalue weighted by Gasteiger charge is -2.18. The van der Waals surface area contributed by atoms with Gasteiger partial charge in [0.1, 0.15) is 5.82 Å². The molecule has 0 spiro atoms.